The quantitative estimate of drug-likeness (QED) is 0.710. The molecule has 1 aromatic rings. The Morgan fingerprint density at radius 1 is 1.33 bits per heavy atom. The molecule has 0 spiro atoms. The molecule has 0 saturated heterocycles. The summed E-state index contributed by atoms with van der Waals surface area (Å²) in [5.74, 6) is 0.919. The van der Waals surface area contributed by atoms with Gasteiger partial charge in [0.1, 0.15) is 11.6 Å². The third-order valence-corrected chi connectivity index (χ3v) is 2.77. The zero-order valence-electron chi connectivity index (χ0n) is 9.72. The second-order valence-electron chi connectivity index (χ2n) is 3.78. The number of halogens is 1. The largest absolute Gasteiger partial charge is 0.496 e. The lowest BCUT2D eigenvalue weighted by molar-refractivity contribution is 0.398. The summed E-state index contributed by atoms with van der Waals surface area (Å²) < 4.78 is 18.2. The molecule has 0 radical (unpaired) electrons. The molecule has 0 saturated carbocycles. The van der Waals surface area contributed by atoms with Gasteiger partial charge >= 0.3 is 0 Å². The Hall–Kier alpha value is -1.05. The van der Waals surface area contributed by atoms with Gasteiger partial charge in [-0.25, -0.2) is 4.39 Å². The molecule has 1 nitrogen and oxygen atoms in total. The van der Waals surface area contributed by atoms with Gasteiger partial charge in [-0.3, -0.25) is 0 Å². The van der Waals surface area contributed by atoms with Crippen molar-refractivity contribution < 1.29 is 9.13 Å². The number of rotatable bonds is 5. The SMILES string of the molecule is CCCC(CC)c1ccc(F)cc1OC. The summed E-state index contributed by atoms with van der Waals surface area (Å²) in [6, 6.07) is 4.82. The van der Waals surface area contributed by atoms with Gasteiger partial charge in [0.25, 0.3) is 0 Å². The molecule has 0 aliphatic heterocycles. The minimum atomic E-state index is -0.234. The van der Waals surface area contributed by atoms with E-state index in [0.717, 1.165) is 24.8 Å². The highest BCUT2D eigenvalue weighted by molar-refractivity contribution is 5.36. The lowest BCUT2D eigenvalue weighted by atomic mass is 9.91. The van der Waals surface area contributed by atoms with E-state index in [-0.39, 0.29) is 5.82 Å². The van der Waals surface area contributed by atoms with Gasteiger partial charge in [0.2, 0.25) is 0 Å². The zero-order chi connectivity index (χ0) is 11.3. The minimum Gasteiger partial charge on any atom is -0.496 e. The van der Waals surface area contributed by atoms with Crippen LogP contribution in [0.25, 0.3) is 0 Å². The predicted molar refractivity (Wildman–Crippen MR) is 60.9 cm³/mol. The van der Waals surface area contributed by atoms with Gasteiger partial charge < -0.3 is 4.74 Å². The Kier molecular flexibility index (Phi) is 4.60. The first-order valence-electron chi connectivity index (χ1n) is 5.56. The first kappa shape index (κ1) is 12.0. The third-order valence-electron chi connectivity index (χ3n) is 2.77. The highest BCUT2D eigenvalue weighted by atomic mass is 19.1. The average Bonchev–Trinajstić information content (AvgIpc) is 2.26. The molecule has 0 aliphatic carbocycles. The molecule has 0 aliphatic rings. The molecule has 15 heavy (non-hydrogen) atoms. The van der Waals surface area contributed by atoms with Crippen molar-refractivity contribution >= 4 is 0 Å². The fraction of sp³-hybridized carbons (Fsp3) is 0.538. The van der Waals surface area contributed by atoms with E-state index in [1.165, 1.54) is 12.1 Å². The van der Waals surface area contributed by atoms with Crippen LogP contribution in [-0.4, -0.2) is 7.11 Å². The monoisotopic (exact) mass is 210 g/mol. The van der Waals surface area contributed by atoms with E-state index in [2.05, 4.69) is 13.8 Å². The average molecular weight is 210 g/mol. The van der Waals surface area contributed by atoms with Crippen LogP contribution >= 0.6 is 0 Å². The highest BCUT2D eigenvalue weighted by Crippen LogP contribution is 2.32. The van der Waals surface area contributed by atoms with Crippen LogP contribution in [0.5, 0.6) is 5.75 Å². The van der Waals surface area contributed by atoms with Crippen molar-refractivity contribution in [3.63, 3.8) is 0 Å². The second kappa shape index (κ2) is 5.74. The maximum Gasteiger partial charge on any atom is 0.126 e. The fourth-order valence-corrected chi connectivity index (χ4v) is 1.95. The molecule has 2 heteroatoms. The van der Waals surface area contributed by atoms with Crippen LogP contribution in [0.15, 0.2) is 18.2 Å². The van der Waals surface area contributed by atoms with Crippen molar-refractivity contribution in [2.24, 2.45) is 0 Å². The van der Waals surface area contributed by atoms with Crippen LogP contribution in [0, 0.1) is 5.82 Å². The van der Waals surface area contributed by atoms with Gasteiger partial charge in [0.15, 0.2) is 0 Å². The standard InChI is InChI=1S/C13H19FO/c1-4-6-10(5-2)12-8-7-11(14)9-13(12)15-3/h7-10H,4-6H2,1-3H3. The lowest BCUT2D eigenvalue weighted by Crippen LogP contribution is -2.00. The second-order valence-corrected chi connectivity index (χ2v) is 3.78. The molecule has 0 amide bonds. The van der Waals surface area contributed by atoms with Crippen molar-refractivity contribution in [1.82, 2.24) is 0 Å². The van der Waals surface area contributed by atoms with Crippen molar-refractivity contribution in [2.75, 3.05) is 7.11 Å². The van der Waals surface area contributed by atoms with E-state index < -0.39 is 0 Å². The maximum absolute atomic E-state index is 13.0. The fourth-order valence-electron chi connectivity index (χ4n) is 1.95. The van der Waals surface area contributed by atoms with E-state index in [4.69, 9.17) is 4.74 Å². The normalized spacial score (nSPS) is 12.5. The summed E-state index contributed by atoms with van der Waals surface area (Å²) in [5, 5.41) is 0. The van der Waals surface area contributed by atoms with Crippen LogP contribution in [0.2, 0.25) is 0 Å². The number of methoxy groups -OCH3 is 1. The first-order valence-corrected chi connectivity index (χ1v) is 5.56. The van der Waals surface area contributed by atoms with Gasteiger partial charge in [-0.1, -0.05) is 26.3 Å². The van der Waals surface area contributed by atoms with Gasteiger partial charge in [-0.15, -0.1) is 0 Å². The Morgan fingerprint density at radius 3 is 2.60 bits per heavy atom. The van der Waals surface area contributed by atoms with Crippen LogP contribution in [-0.2, 0) is 0 Å². The van der Waals surface area contributed by atoms with Crippen LogP contribution < -0.4 is 4.74 Å². The lowest BCUT2D eigenvalue weighted by Gasteiger charge is -2.17. The summed E-state index contributed by atoms with van der Waals surface area (Å²) >= 11 is 0. The number of ether oxygens (including phenoxy) is 1. The van der Waals surface area contributed by atoms with Crippen molar-refractivity contribution in [3.8, 4) is 5.75 Å². The maximum atomic E-state index is 13.0. The van der Waals surface area contributed by atoms with Gasteiger partial charge in [-0.05, 0) is 30.4 Å². The van der Waals surface area contributed by atoms with Crippen molar-refractivity contribution in [1.29, 1.82) is 0 Å². The summed E-state index contributed by atoms with van der Waals surface area (Å²) in [4.78, 5) is 0. The smallest absolute Gasteiger partial charge is 0.126 e. The highest BCUT2D eigenvalue weighted by Gasteiger charge is 2.13. The van der Waals surface area contributed by atoms with E-state index in [9.17, 15) is 4.39 Å². The predicted octanol–water partition coefficient (Wildman–Crippen LogP) is 4.13. The molecule has 0 heterocycles. The molecular formula is C13H19FO. The Bertz CT molecular complexity index is 309. The van der Waals surface area contributed by atoms with E-state index in [1.54, 1.807) is 7.11 Å². The Labute approximate surface area is 91.3 Å². The van der Waals surface area contributed by atoms with E-state index in [0.29, 0.717) is 11.7 Å². The summed E-state index contributed by atoms with van der Waals surface area (Å²) in [6.45, 7) is 4.32. The molecule has 1 atom stereocenters. The third kappa shape index (κ3) is 2.95. The topological polar surface area (TPSA) is 9.23 Å². The number of benzene rings is 1. The van der Waals surface area contributed by atoms with E-state index >= 15 is 0 Å². The van der Waals surface area contributed by atoms with E-state index in [1.807, 2.05) is 6.07 Å². The van der Waals surface area contributed by atoms with Crippen molar-refractivity contribution in [2.45, 2.75) is 39.0 Å². The molecule has 84 valence electrons. The van der Waals surface area contributed by atoms with Crippen molar-refractivity contribution in [3.05, 3.63) is 29.6 Å². The molecule has 0 fully saturated rings. The molecule has 0 aromatic heterocycles. The molecule has 1 unspecified atom stereocenters. The zero-order valence-corrected chi connectivity index (χ0v) is 9.72. The van der Waals surface area contributed by atoms with Crippen LogP contribution in [0.4, 0.5) is 4.39 Å². The summed E-state index contributed by atoms with van der Waals surface area (Å²) in [5.41, 5.74) is 1.13. The molecular weight excluding hydrogens is 191 g/mol. The number of hydrogen-bond donors (Lipinski definition) is 0. The summed E-state index contributed by atoms with van der Waals surface area (Å²) in [7, 11) is 1.59. The first-order chi connectivity index (χ1) is 7.22. The van der Waals surface area contributed by atoms with Gasteiger partial charge in [0.05, 0.1) is 7.11 Å². The molecule has 1 aromatic carbocycles. The van der Waals surface area contributed by atoms with Gasteiger partial charge in [0, 0.05) is 6.07 Å². The number of hydrogen-bond acceptors (Lipinski definition) is 1. The van der Waals surface area contributed by atoms with Crippen LogP contribution in [0.3, 0.4) is 0 Å². The molecule has 1 rings (SSSR count). The summed E-state index contributed by atoms with van der Waals surface area (Å²) in [6.07, 6.45) is 3.33. The minimum absolute atomic E-state index is 0.234. The molecule has 0 N–H and O–H groups in total. The Balaban J connectivity index is 2.99. The Morgan fingerprint density at radius 2 is 2.07 bits per heavy atom. The molecule has 0 bridgehead atoms. The van der Waals surface area contributed by atoms with Crippen LogP contribution in [0.1, 0.15) is 44.6 Å². The van der Waals surface area contributed by atoms with Gasteiger partial charge in [-0.2, -0.15) is 0 Å².